The first-order chi connectivity index (χ1) is 13.1. The number of benzene rings is 3. The molecular formula is C24H17Br2O+. The SMILES string of the molecule is Cc1ccc(-c2cc(-c3ccc(Br)cc3)cc(-c3ccc(Br)cc3)[o+]2)cc1. The molecule has 3 aromatic carbocycles. The van der Waals surface area contributed by atoms with Crippen molar-refractivity contribution in [3.05, 3.63) is 99.4 Å². The molecule has 1 heterocycles. The zero-order chi connectivity index (χ0) is 18.8. The van der Waals surface area contributed by atoms with Gasteiger partial charge in [0.2, 0.25) is 0 Å². The first-order valence-electron chi connectivity index (χ1n) is 8.66. The monoisotopic (exact) mass is 479 g/mol. The van der Waals surface area contributed by atoms with E-state index in [-0.39, 0.29) is 0 Å². The van der Waals surface area contributed by atoms with E-state index in [1.54, 1.807) is 0 Å². The van der Waals surface area contributed by atoms with E-state index in [9.17, 15) is 0 Å². The van der Waals surface area contributed by atoms with E-state index in [2.05, 4.69) is 112 Å². The van der Waals surface area contributed by atoms with Gasteiger partial charge in [-0.2, -0.15) is 0 Å². The van der Waals surface area contributed by atoms with Crippen LogP contribution < -0.4 is 0 Å². The fourth-order valence-corrected chi connectivity index (χ4v) is 3.46. The van der Waals surface area contributed by atoms with Gasteiger partial charge in [0, 0.05) is 14.5 Å². The van der Waals surface area contributed by atoms with Crippen molar-refractivity contribution in [2.75, 3.05) is 0 Å². The highest BCUT2D eigenvalue weighted by Crippen LogP contribution is 2.33. The van der Waals surface area contributed by atoms with E-state index in [0.717, 1.165) is 42.7 Å². The van der Waals surface area contributed by atoms with E-state index in [1.165, 1.54) is 5.56 Å². The predicted octanol–water partition coefficient (Wildman–Crippen LogP) is 8.40. The van der Waals surface area contributed by atoms with Gasteiger partial charge >= 0.3 is 11.5 Å². The summed E-state index contributed by atoms with van der Waals surface area (Å²) in [5.41, 5.74) is 5.63. The van der Waals surface area contributed by atoms with Crippen LogP contribution >= 0.6 is 31.9 Å². The van der Waals surface area contributed by atoms with Gasteiger partial charge in [0.25, 0.3) is 0 Å². The second-order valence-electron chi connectivity index (χ2n) is 6.45. The Morgan fingerprint density at radius 2 is 0.926 bits per heavy atom. The summed E-state index contributed by atoms with van der Waals surface area (Å²) in [6, 6.07) is 29.2. The number of hydrogen-bond donors (Lipinski definition) is 0. The van der Waals surface area contributed by atoms with Gasteiger partial charge in [-0.3, -0.25) is 0 Å². The number of halogens is 2. The third-order valence-corrected chi connectivity index (χ3v) is 5.49. The van der Waals surface area contributed by atoms with Gasteiger partial charge in [0.1, 0.15) is 0 Å². The molecule has 27 heavy (non-hydrogen) atoms. The quantitative estimate of drug-likeness (QED) is 0.268. The van der Waals surface area contributed by atoms with Crippen molar-refractivity contribution in [3.8, 4) is 33.8 Å². The van der Waals surface area contributed by atoms with Crippen molar-refractivity contribution in [2.24, 2.45) is 0 Å². The van der Waals surface area contributed by atoms with E-state index in [0.29, 0.717) is 0 Å². The molecule has 0 saturated carbocycles. The van der Waals surface area contributed by atoms with Crippen molar-refractivity contribution in [1.29, 1.82) is 0 Å². The molecule has 0 saturated heterocycles. The van der Waals surface area contributed by atoms with Crippen molar-refractivity contribution in [1.82, 2.24) is 0 Å². The highest BCUT2D eigenvalue weighted by atomic mass is 79.9. The summed E-state index contributed by atoms with van der Waals surface area (Å²) in [6.07, 6.45) is 0. The van der Waals surface area contributed by atoms with Gasteiger partial charge in [-0.05, 0) is 61.0 Å². The first kappa shape index (κ1) is 18.1. The Labute approximate surface area is 176 Å². The smallest absolute Gasteiger partial charge is 0.207 e. The van der Waals surface area contributed by atoms with Gasteiger partial charge in [-0.25, -0.2) is 4.42 Å². The molecule has 0 fully saturated rings. The molecule has 0 aliphatic rings. The average molecular weight is 481 g/mol. The maximum Gasteiger partial charge on any atom is 0.361 e. The van der Waals surface area contributed by atoms with Crippen molar-refractivity contribution in [2.45, 2.75) is 6.92 Å². The molecule has 1 nitrogen and oxygen atoms in total. The van der Waals surface area contributed by atoms with Crippen LogP contribution in [0.1, 0.15) is 5.56 Å². The van der Waals surface area contributed by atoms with Crippen LogP contribution in [0.15, 0.2) is 98.3 Å². The summed E-state index contributed by atoms with van der Waals surface area (Å²) in [5, 5.41) is 0. The van der Waals surface area contributed by atoms with Gasteiger partial charge in [0.05, 0.1) is 23.3 Å². The molecule has 0 N–H and O–H groups in total. The lowest BCUT2D eigenvalue weighted by Crippen LogP contribution is -1.86. The van der Waals surface area contributed by atoms with Gasteiger partial charge in [0.15, 0.2) is 0 Å². The van der Waals surface area contributed by atoms with E-state index < -0.39 is 0 Å². The van der Waals surface area contributed by atoms with E-state index in [1.807, 2.05) is 12.1 Å². The highest BCUT2D eigenvalue weighted by molar-refractivity contribution is 9.10. The molecule has 0 unspecified atom stereocenters. The maximum atomic E-state index is 6.29. The lowest BCUT2D eigenvalue weighted by atomic mass is 10.0. The van der Waals surface area contributed by atoms with Crippen LogP contribution in [0.3, 0.4) is 0 Å². The van der Waals surface area contributed by atoms with Crippen molar-refractivity contribution >= 4 is 31.9 Å². The lowest BCUT2D eigenvalue weighted by Gasteiger charge is -2.03. The standard InChI is InChI=1S/C24H17Br2O/c1-16-2-4-18(5-3-16)23-14-20(17-6-10-21(25)11-7-17)15-24(27-23)19-8-12-22(26)13-9-19/h2-15H,1H3/q+1. The Hall–Kier alpha value is -2.23. The van der Waals surface area contributed by atoms with E-state index in [4.69, 9.17) is 4.42 Å². The topological polar surface area (TPSA) is 11.3 Å². The minimum absolute atomic E-state index is 0.846. The first-order valence-corrected chi connectivity index (χ1v) is 10.2. The van der Waals surface area contributed by atoms with Crippen LogP contribution in [-0.2, 0) is 0 Å². The Balaban J connectivity index is 1.89. The van der Waals surface area contributed by atoms with Crippen LogP contribution in [0.25, 0.3) is 33.8 Å². The minimum atomic E-state index is 0.846. The molecule has 0 bridgehead atoms. The van der Waals surface area contributed by atoms with Crippen LogP contribution in [0.2, 0.25) is 0 Å². The summed E-state index contributed by atoms with van der Waals surface area (Å²) in [4.78, 5) is 0. The zero-order valence-corrected chi connectivity index (χ0v) is 17.9. The Morgan fingerprint density at radius 3 is 1.41 bits per heavy atom. The van der Waals surface area contributed by atoms with Crippen molar-refractivity contribution in [3.63, 3.8) is 0 Å². The zero-order valence-electron chi connectivity index (χ0n) is 14.7. The maximum absolute atomic E-state index is 6.29. The van der Waals surface area contributed by atoms with Crippen LogP contribution in [0, 0.1) is 6.92 Å². The second kappa shape index (κ2) is 7.79. The number of hydrogen-bond acceptors (Lipinski definition) is 0. The molecule has 0 spiro atoms. The summed E-state index contributed by atoms with van der Waals surface area (Å²) < 4.78 is 8.41. The van der Waals surface area contributed by atoms with Crippen LogP contribution in [0.4, 0.5) is 0 Å². The fourth-order valence-electron chi connectivity index (χ4n) is 2.93. The van der Waals surface area contributed by atoms with Gasteiger partial charge in [-0.1, -0.05) is 61.7 Å². The molecule has 0 amide bonds. The Bertz CT molecular complexity index is 913. The summed E-state index contributed by atoms with van der Waals surface area (Å²) in [6.45, 7) is 2.09. The largest absolute Gasteiger partial charge is 0.361 e. The number of aryl methyl sites for hydroxylation is 1. The highest BCUT2D eigenvalue weighted by Gasteiger charge is 2.20. The molecule has 0 aliphatic heterocycles. The van der Waals surface area contributed by atoms with Crippen molar-refractivity contribution < 1.29 is 4.42 Å². The molecule has 0 radical (unpaired) electrons. The minimum Gasteiger partial charge on any atom is -0.207 e. The molecule has 3 heteroatoms. The third-order valence-electron chi connectivity index (χ3n) is 4.44. The Morgan fingerprint density at radius 1 is 0.519 bits per heavy atom. The average Bonchev–Trinajstić information content (AvgIpc) is 2.69. The summed E-state index contributed by atoms with van der Waals surface area (Å²) in [7, 11) is 0. The second-order valence-corrected chi connectivity index (χ2v) is 8.29. The third kappa shape index (κ3) is 4.20. The van der Waals surface area contributed by atoms with E-state index >= 15 is 0 Å². The molecule has 0 aliphatic carbocycles. The van der Waals surface area contributed by atoms with Crippen LogP contribution in [0.5, 0.6) is 0 Å². The predicted molar refractivity (Wildman–Crippen MR) is 120 cm³/mol. The molecule has 4 aromatic rings. The van der Waals surface area contributed by atoms with Gasteiger partial charge in [-0.15, -0.1) is 0 Å². The molecule has 1 aromatic heterocycles. The van der Waals surface area contributed by atoms with Gasteiger partial charge < -0.3 is 0 Å². The molecule has 0 atom stereocenters. The number of rotatable bonds is 3. The fraction of sp³-hybridized carbons (Fsp3) is 0.0417. The molecule has 132 valence electrons. The molecular weight excluding hydrogens is 464 g/mol. The Kier molecular flexibility index (Phi) is 5.24. The molecule has 4 rings (SSSR count). The van der Waals surface area contributed by atoms with Crippen LogP contribution in [-0.4, -0.2) is 0 Å². The lowest BCUT2D eigenvalue weighted by molar-refractivity contribution is 0.582. The summed E-state index contributed by atoms with van der Waals surface area (Å²) >= 11 is 7.01. The normalized spacial score (nSPS) is 10.8. The summed E-state index contributed by atoms with van der Waals surface area (Å²) in [5.74, 6) is 1.70.